The number of carbonyl (C=O) groups is 1. The van der Waals surface area contributed by atoms with Crippen LogP contribution in [0.2, 0.25) is 0 Å². The molecule has 5 heteroatoms. The predicted octanol–water partition coefficient (Wildman–Crippen LogP) is 5.87. The second kappa shape index (κ2) is 8.98. The minimum absolute atomic E-state index is 0.0426. The molecule has 1 unspecified atom stereocenters. The Balaban J connectivity index is 1.42. The van der Waals surface area contributed by atoms with Gasteiger partial charge >= 0.3 is 0 Å². The summed E-state index contributed by atoms with van der Waals surface area (Å²) in [6.07, 6.45) is 0.467. The maximum atomic E-state index is 13.1. The maximum absolute atomic E-state index is 13.1. The largest absolute Gasteiger partial charge is 0.492 e. The number of aryl methyl sites for hydroxylation is 4. The molecule has 5 rings (SSSR count). The van der Waals surface area contributed by atoms with Gasteiger partial charge in [0.25, 0.3) is 0 Å². The average Bonchev–Trinajstić information content (AvgIpc) is 3.35. The summed E-state index contributed by atoms with van der Waals surface area (Å²) in [6.45, 7) is 10.2. The first-order valence-electron chi connectivity index (χ1n) is 11.9. The van der Waals surface area contributed by atoms with E-state index in [1.807, 2.05) is 23.1 Å². The molecule has 1 aromatic heterocycles. The molecule has 3 aromatic carbocycles. The van der Waals surface area contributed by atoms with E-state index in [0.717, 1.165) is 39.4 Å². The number of benzene rings is 3. The molecule has 0 N–H and O–H groups in total. The van der Waals surface area contributed by atoms with E-state index in [1.165, 1.54) is 11.1 Å². The van der Waals surface area contributed by atoms with Crippen molar-refractivity contribution in [2.75, 3.05) is 18.1 Å². The molecule has 0 radical (unpaired) electrons. The Hall–Kier alpha value is -3.60. The topological polar surface area (TPSA) is 47.4 Å². The van der Waals surface area contributed by atoms with E-state index in [9.17, 15) is 4.79 Å². The number of aromatic nitrogens is 2. The number of imidazole rings is 1. The third-order valence-electron chi connectivity index (χ3n) is 6.61. The average molecular weight is 454 g/mol. The predicted molar refractivity (Wildman–Crippen MR) is 137 cm³/mol. The van der Waals surface area contributed by atoms with Gasteiger partial charge in [-0.1, -0.05) is 30.3 Å². The summed E-state index contributed by atoms with van der Waals surface area (Å²) in [4.78, 5) is 20.0. The molecule has 1 saturated heterocycles. The van der Waals surface area contributed by atoms with Crippen molar-refractivity contribution < 1.29 is 9.53 Å². The number of carbonyl (C=O) groups excluding carboxylic acids is 1. The van der Waals surface area contributed by atoms with E-state index in [4.69, 9.17) is 9.72 Å². The minimum atomic E-state index is 0.0426. The Bertz CT molecular complexity index is 1350. The Morgan fingerprint density at radius 3 is 2.50 bits per heavy atom. The highest BCUT2D eigenvalue weighted by atomic mass is 16.5. The van der Waals surface area contributed by atoms with E-state index in [1.54, 1.807) is 0 Å². The van der Waals surface area contributed by atoms with Gasteiger partial charge in [0.2, 0.25) is 5.91 Å². The SMILES string of the molecule is Cc1cc(C)cc(OCCn2c(C3CC(=O)N(c4cc(C)ccc4C)C3)nc3ccccc32)c1. The maximum Gasteiger partial charge on any atom is 0.227 e. The van der Waals surface area contributed by atoms with E-state index < -0.39 is 0 Å². The molecule has 0 bridgehead atoms. The third kappa shape index (κ3) is 4.30. The van der Waals surface area contributed by atoms with E-state index >= 15 is 0 Å². The summed E-state index contributed by atoms with van der Waals surface area (Å²) in [6, 6.07) is 20.8. The molecule has 174 valence electrons. The van der Waals surface area contributed by atoms with Crippen LogP contribution in [0.1, 0.15) is 40.4 Å². The highest BCUT2D eigenvalue weighted by Gasteiger charge is 2.35. The van der Waals surface area contributed by atoms with Crippen molar-refractivity contribution in [2.24, 2.45) is 0 Å². The normalized spacial score (nSPS) is 15.9. The monoisotopic (exact) mass is 453 g/mol. The van der Waals surface area contributed by atoms with Crippen LogP contribution in [0.15, 0.2) is 60.7 Å². The summed E-state index contributed by atoms with van der Waals surface area (Å²) in [5.41, 5.74) is 7.72. The van der Waals surface area contributed by atoms with Crippen LogP contribution >= 0.6 is 0 Å². The molecule has 1 aliphatic rings. The fourth-order valence-electron chi connectivity index (χ4n) is 5.04. The zero-order valence-electron chi connectivity index (χ0n) is 20.3. The van der Waals surface area contributed by atoms with Crippen LogP contribution in [-0.4, -0.2) is 28.6 Å². The lowest BCUT2D eigenvalue weighted by atomic mass is 10.1. The van der Waals surface area contributed by atoms with Crippen molar-refractivity contribution in [1.82, 2.24) is 9.55 Å². The zero-order chi connectivity index (χ0) is 23.8. The van der Waals surface area contributed by atoms with Crippen LogP contribution in [0.3, 0.4) is 0 Å². The first-order valence-corrected chi connectivity index (χ1v) is 11.9. The molecule has 1 amide bonds. The second-order valence-corrected chi connectivity index (χ2v) is 9.48. The highest BCUT2D eigenvalue weighted by molar-refractivity contribution is 5.97. The summed E-state index contributed by atoms with van der Waals surface area (Å²) >= 11 is 0. The van der Waals surface area contributed by atoms with Gasteiger partial charge in [-0.2, -0.15) is 0 Å². The Labute approximate surface area is 201 Å². The number of rotatable bonds is 6. The molecular weight excluding hydrogens is 422 g/mol. The number of anilines is 1. The molecule has 2 heterocycles. The van der Waals surface area contributed by atoms with Crippen molar-refractivity contribution in [1.29, 1.82) is 0 Å². The van der Waals surface area contributed by atoms with Gasteiger partial charge in [-0.15, -0.1) is 0 Å². The number of nitrogens with zero attached hydrogens (tertiary/aromatic N) is 3. The molecule has 1 fully saturated rings. The van der Waals surface area contributed by atoms with Crippen molar-refractivity contribution in [2.45, 2.75) is 46.6 Å². The molecule has 4 aromatic rings. The first kappa shape index (κ1) is 22.2. The van der Waals surface area contributed by atoms with Gasteiger partial charge in [0.15, 0.2) is 0 Å². The Morgan fingerprint density at radius 2 is 1.71 bits per heavy atom. The van der Waals surface area contributed by atoms with Gasteiger partial charge in [0, 0.05) is 24.6 Å². The lowest BCUT2D eigenvalue weighted by Gasteiger charge is -2.20. The van der Waals surface area contributed by atoms with Crippen molar-refractivity contribution in [3.8, 4) is 5.75 Å². The van der Waals surface area contributed by atoms with E-state index in [2.05, 4.69) is 74.7 Å². The van der Waals surface area contributed by atoms with Gasteiger partial charge < -0.3 is 14.2 Å². The summed E-state index contributed by atoms with van der Waals surface area (Å²) < 4.78 is 8.36. The molecular formula is C29H31N3O2. The van der Waals surface area contributed by atoms with E-state index in [-0.39, 0.29) is 11.8 Å². The standard InChI is InChI=1S/C29H31N3O2/c1-19-9-10-22(4)27(16-19)32-18-23(17-28(32)33)29-30-25-7-5-6-8-26(25)31(29)11-12-34-24-14-20(2)13-21(3)15-24/h5-10,13-16,23H,11-12,17-18H2,1-4H3. The fourth-order valence-corrected chi connectivity index (χ4v) is 5.04. The van der Waals surface area contributed by atoms with Crippen LogP contribution in [0.25, 0.3) is 11.0 Å². The van der Waals surface area contributed by atoms with Gasteiger partial charge in [-0.25, -0.2) is 4.98 Å². The lowest BCUT2D eigenvalue weighted by molar-refractivity contribution is -0.117. The Morgan fingerprint density at radius 1 is 0.941 bits per heavy atom. The summed E-state index contributed by atoms with van der Waals surface area (Å²) in [7, 11) is 0. The lowest BCUT2D eigenvalue weighted by Crippen LogP contribution is -2.25. The van der Waals surface area contributed by atoms with Crippen molar-refractivity contribution >= 4 is 22.6 Å². The van der Waals surface area contributed by atoms with Gasteiger partial charge in [-0.05, 0) is 80.3 Å². The quantitative estimate of drug-likeness (QED) is 0.367. The van der Waals surface area contributed by atoms with Crippen LogP contribution in [-0.2, 0) is 11.3 Å². The molecule has 34 heavy (non-hydrogen) atoms. The van der Waals surface area contributed by atoms with E-state index in [0.29, 0.717) is 26.1 Å². The number of fused-ring (bicyclic) bond motifs is 1. The number of hydrogen-bond acceptors (Lipinski definition) is 3. The fraction of sp³-hybridized carbons (Fsp3) is 0.310. The van der Waals surface area contributed by atoms with Crippen molar-refractivity contribution in [3.63, 3.8) is 0 Å². The van der Waals surface area contributed by atoms with Gasteiger partial charge in [-0.3, -0.25) is 4.79 Å². The van der Waals surface area contributed by atoms with Crippen LogP contribution in [0.4, 0.5) is 5.69 Å². The molecule has 5 nitrogen and oxygen atoms in total. The van der Waals surface area contributed by atoms with Crippen molar-refractivity contribution in [3.05, 3.63) is 88.7 Å². The second-order valence-electron chi connectivity index (χ2n) is 9.48. The zero-order valence-corrected chi connectivity index (χ0v) is 20.3. The smallest absolute Gasteiger partial charge is 0.227 e. The molecule has 1 atom stereocenters. The Kier molecular flexibility index (Phi) is 5.86. The van der Waals surface area contributed by atoms with Crippen LogP contribution in [0, 0.1) is 27.7 Å². The number of para-hydroxylation sites is 2. The molecule has 0 spiro atoms. The number of hydrogen-bond donors (Lipinski definition) is 0. The van der Waals surface area contributed by atoms with Gasteiger partial charge in [0.05, 0.1) is 17.6 Å². The van der Waals surface area contributed by atoms with Crippen LogP contribution in [0.5, 0.6) is 5.75 Å². The number of ether oxygens (including phenoxy) is 1. The molecule has 0 saturated carbocycles. The highest BCUT2D eigenvalue weighted by Crippen LogP contribution is 2.35. The first-order chi connectivity index (χ1) is 16.4. The molecule has 1 aliphatic heterocycles. The molecule has 0 aliphatic carbocycles. The number of amides is 1. The third-order valence-corrected chi connectivity index (χ3v) is 6.61. The summed E-state index contributed by atoms with van der Waals surface area (Å²) in [5, 5.41) is 0. The van der Waals surface area contributed by atoms with Crippen LogP contribution < -0.4 is 9.64 Å². The van der Waals surface area contributed by atoms with Gasteiger partial charge in [0.1, 0.15) is 18.2 Å². The minimum Gasteiger partial charge on any atom is -0.492 e. The summed E-state index contributed by atoms with van der Waals surface area (Å²) in [5.74, 6) is 2.05.